The fourth-order valence-electron chi connectivity index (χ4n) is 2.53. The second kappa shape index (κ2) is 8.79. The number of halogens is 1. The Kier molecular flexibility index (Phi) is 6.71. The van der Waals surface area contributed by atoms with Crippen LogP contribution in [0.4, 0.5) is 4.39 Å². The molecule has 0 bridgehead atoms. The van der Waals surface area contributed by atoms with E-state index in [4.69, 9.17) is 4.42 Å². The number of aromatic nitrogens is 1. The zero-order valence-corrected chi connectivity index (χ0v) is 15.8. The van der Waals surface area contributed by atoms with Crippen molar-refractivity contribution in [3.05, 3.63) is 42.2 Å². The zero-order chi connectivity index (χ0) is 20.0. The predicted molar refractivity (Wildman–Crippen MR) is 98.5 cm³/mol. The molecule has 0 spiro atoms. The predicted octanol–water partition coefficient (Wildman–Crippen LogP) is 3.81. The summed E-state index contributed by atoms with van der Waals surface area (Å²) in [6, 6.07) is 5.26. The third kappa shape index (κ3) is 6.51. The summed E-state index contributed by atoms with van der Waals surface area (Å²) in [5.74, 6) is -1.27. The molecule has 2 aromatic rings. The number of nitrogens with zero attached hydrogens (tertiary/aromatic N) is 1. The maximum atomic E-state index is 13.8. The van der Waals surface area contributed by atoms with E-state index in [9.17, 15) is 19.1 Å². The molecule has 0 saturated carbocycles. The quantitative estimate of drug-likeness (QED) is 0.731. The van der Waals surface area contributed by atoms with E-state index in [0.29, 0.717) is 24.3 Å². The van der Waals surface area contributed by atoms with Crippen molar-refractivity contribution in [2.75, 3.05) is 0 Å². The van der Waals surface area contributed by atoms with E-state index in [0.717, 1.165) is 0 Å². The molecule has 0 radical (unpaired) electrons. The van der Waals surface area contributed by atoms with Gasteiger partial charge in [-0.05, 0) is 30.4 Å². The van der Waals surface area contributed by atoms with E-state index < -0.39 is 17.8 Å². The lowest BCUT2D eigenvalue weighted by Crippen LogP contribution is -2.41. The summed E-state index contributed by atoms with van der Waals surface area (Å²) in [5, 5.41) is 11.8. The van der Waals surface area contributed by atoms with Crippen LogP contribution in [0.1, 0.15) is 45.9 Å². The van der Waals surface area contributed by atoms with Crippen LogP contribution in [0.5, 0.6) is 0 Å². The average Bonchev–Trinajstić information content (AvgIpc) is 3.05. The average molecular weight is 376 g/mol. The molecule has 1 atom stereocenters. The second-order valence-corrected chi connectivity index (χ2v) is 7.66. The zero-order valence-electron chi connectivity index (χ0n) is 15.8. The van der Waals surface area contributed by atoms with Gasteiger partial charge in [0.05, 0.1) is 11.8 Å². The van der Waals surface area contributed by atoms with Gasteiger partial charge in [0, 0.05) is 12.8 Å². The van der Waals surface area contributed by atoms with Crippen molar-refractivity contribution in [2.45, 2.75) is 52.5 Å². The molecule has 27 heavy (non-hydrogen) atoms. The molecule has 0 aliphatic carbocycles. The van der Waals surface area contributed by atoms with Crippen molar-refractivity contribution in [3.63, 3.8) is 0 Å². The Hall–Kier alpha value is -2.70. The minimum atomic E-state index is -1.05. The normalized spacial score (nSPS) is 12.6. The number of hydrogen-bond donors (Lipinski definition) is 2. The summed E-state index contributed by atoms with van der Waals surface area (Å²) in [6.45, 7) is 6.05. The number of hydrogen-bond acceptors (Lipinski definition) is 4. The largest absolute Gasteiger partial charge is 0.480 e. The van der Waals surface area contributed by atoms with Crippen LogP contribution < -0.4 is 5.32 Å². The first-order valence-corrected chi connectivity index (χ1v) is 8.87. The number of rotatable bonds is 8. The van der Waals surface area contributed by atoms with Crippen molar-refractivity contribution in [2.24, 2.45) is 5.41 Å². The molecular weight excluding hydrogens is 351 g/mol. The van der Waals surface area contributed by atoms with E-state index in [1.54, 1.807) is 18.2 Å². The van der Waals surface area contributed by atoms with Crippen LogP contribution in [0.2, 0.25) is 0 Å². The number of oxazole rings is 1. The minimum absolute atomic E-state index is 0.0143. The fourth-order valence-corrected chi connectivity index (χ4v) is 2.53. The number of carbonyl (C=O) groups is 2. The van der Waals surface area contributed by atoms with Gasteiger partial charge in [0.15, 0.2) is 11.7 Å². The molecular formula is C20H25FN2O4. The number of aryl methyl sites for hydroxylation is 1. The lowest BCUT2D eigenvalue weighted by molar-refractivity contribution is -0.142. The Labute approximate surface area is 157 Å². The molecule has 2 N–H and O–H groups in total. The van der Waals surface area contributed by atoms with Crippen LogP contribution in [0.15, 0.2) is 34.9 Å². The van der Waals surface area contributed by atoms with Gasteiger partial charge in [0.25, 0.3) is 0 Å². The SMILES string of the molecule is CC(C)(C)CCC(NC(=O)CCc1ncc(-c2ccccc2F)o1)C(=O)O. The lowest BCUT2D eigenvalue weighted by Gasteiger charge is -2.21. The number of carbonyl (C=O) groups excluding carboxylic acids is 1. The number of benzene rings is 1. The first-order chi connectivity index (χ1) is 12.7. The van der Waals surface area contributed by atoms with Crippen molar-refractivity contribution < 1.29 is 23.5 Å². The highest BCUT2D eigenvalue weighted by molar-refractivity contribution is 5.83. The third-order valence-electron chi connectivity index (χ3n) is 4.08. The molecule has 1 amide bonds. The highest BCUT2D eigenvalue weighted by Gasteiger charge is 2.23. The Morgan fingerprint density at radius 1 is 1.30 bits per heavy atom. The van der Waals surface area contributed by atoms with E-state index in [-0.39, 0.29) is 29.9 Å². The molecule has 1 unspecified atom stereocenters. The number of carboxylic acids is 1. The molecule has 0 aliphatic rings. The van der Waals surface area contributed by atoms with Gasteiger partial charge < -0.3 is 14.8 Å². The van der Waals surface area contributed by atoms with Crippen LogP contribution in [0, 0.1) is 11.2 Å². The Balaban J connectivity index is 1.89. The molecule has 6 nitrogen and oxygen atoms in total. The van der Waals surface area contributed by atoms with Gasteiger partial charge in [0.1, 0.15) is 11.9 Å². The van der Waals surface area contributed by atoms with Crippen molar-refractivity contribution in [3.8, 4) is 11.3 Å². The van der Waals surface area contributed by atoms with Gasteiger partial charge in [-0.2, -0.15) is 0 Å². The Bertz CT molecular complexity index is 795. The summed E-state index contributed by atoms with van der Waals surface area (Å²) >= 11 is 0. The van der Waals surface area contributed by atoms with Crippen molar-refractivity contribution in [1.82, 2.24) is 10.3 Å². The lowest BCUT2D eigenvalue weighted by atomic mass is 9.88. The summed E-state index contributed by atoms with van der Waals surface area (Å²) in [6.07, 6.45) is 2.69. The highest BCUT2D eigenvalue weighted by atomic mass is 19.1. The van der Waals surface area contributed by atoms with Crippen LogP contribution in [-0.2, 0) is 16.0 Å². The van der Waals surface area contributed by atoms with Gasteiger partial charge in [-0.25, -0.2) is 14.2 Å². The van der Waals surface area contributed by atoms with Crippen molar-refractivity contribution in [1.29, 1.82) is 0 Å². The number of carboxylic acid groups (broad SMARTS) is 1. The van der Waals surface area contributed by atoms with Gasteiger partial charge >= 0.3 is 5.97 Å². The van der Waals surface area contributed by atoms with E-state index >= 15 is 0 Å². The van der Waals surface area contributed by atoms with Gasteiger partial charge in [-0.3, -0.25) is 4.79 Å². The summed E-state index contributed by atoms with van der Waals surface area (Å²) in [5.41, 5.74) is 0.286. The molecule has 7 heteroatoms. The molecule has 1 heterocycles. The number of amides is 1. The van der Waals surface area contributed by atoms with Crippen LogP contribution >= 0.6 is 0 Å². The van der Waals surface area contributed by atoms with E-state index in [1.807, 2.05) is 20.8 Å². The van der Waals surface area contributed by atoms with Crippen LogP contribution in [0.3, 0.4) is 0 Å². The maximum Gasteiger partial charge on any atom is 0.326 e. The first kappa shape index (κ1) is 20.6. The summed E-state index contributed by atoms with van der Waals surface area (Å²) < 4.78 is 19.3. The van der Waals surface area contributed by atoms with Crippen LogP contribution in [-0.4, -0.2) is 28.0 Å². The second-order valence-electron chi connectivity index (χ2n) is 7.66. The fraction of sp³-hybridized carbons (Fsp3) is 0.450. The van der Waals surface area contributed by atoms with Crippen molar-refractivity contribution >= 4 is 11.9 Å². The van der Waals surface area contributed by atoms with Gasteiger partial charge in [-0.15, -0.1) is 0 Å². The van der Waals surface area contributed by atoms with E-state index in [2.05, 4.69) is 10.3 Å². The standard InChI is InChI=1S/C20H25FN2O4/c1-20(2,3)11-10-15(19(25)26)23-17(24)8-9-18-22-12-16(27-18)13-6-4-5-7-14(13)21/h4-7,12,15H,8-11H2,1-3H3,(H,23,24)(H,25,26). The molecule has 0 saturated heterocycles. The molecule has 0 fully saturated rings. The van der Waals surface area contributed by atoms with Crippen LogP contribution in [0.25, 0.3) is 11.3 Å². The van der Waals surface area contributed by atoms with Gasteiger partial charge in [0.2, 0.25) is 5.91 Å². The topological polar surface area (TPSA) is 92.4 Å². The Morgan fingerprint density at radius 2 is 2.00 bits per heavy atom. The van der Waals surface area contributed by atoms with E-state index in [1.165, 1.54) is 12.3 Å². The minimum Gasteiger partial charge on any atom is -0.480 e. The number of nitrogens with one attached hydrogen (secondary N) is 1. The molecule has 0 aliphatic heterocycles. The monoisotopic (exact) mass is 376 g/mol. The number of aliphatic carboxylic acids is 1. The third-order valence-corrected chi connectivity index (χ3v) is 4.08. The molecule has 146 valence electrons. The highest BCUT2D eigenvalue weighted by Crippen LogP contribution is 2.24. The summed E-state index contributed by atoms with van der Waals surface area (Å²) in [7, 11) is 0. The summed E-state index contributed by atoms with van der Waals surface area (Å²) in [4.78, 5) is 27.5. The van der Waals surface area contributed by atoms with Gasteiger partial charge in [-0.1, -0.05) is 32.9 Å². The smallest absolute Gasteiger partial charge is 0.326 e. The molecule has 2 rings (SSSR count). The molecule has 1 aromatic carbocycles. The maximum absolute atomic E-state index is 13.8. The Morgan fingerprint density at radius 3 is 2.63 bits per heavy atom. The first-order valence-electron chi connectivity index (χ1n) is 8.87. The molecule has 1 aromatic heterocycles.